The molecule has 0 saturated heterocycles. The van der Waals surface area contributed by atoms with Gasteiger partial charge in [0.1, 0.15) is 0 Å². The van der Waals surface area contributed by atoms with E-state index < -0.39 is 0 Å². The Morgan fingerprint density at radius 2 is 2.16 bits per heavy atom. The Labute approximate surface area is 122 Å². The second-order valence-corrected chi connectivity index (χ2v) is 6.04. The molecule has 2 aromatic rings. The molecular formula is C14H16ClN3S. The van der Waals surface area contributed by atoms with Gasteiger partial charge in [-0.1, -0.05) is 17.2 Å². The summed E-state index contributed by atoms with van der Waals surface area (Å²) in [5, 5.41) is 0.755. The van der Waals surface area contributed by atoms with E-state index >= 15 is 0 Å². The van der Waals surface area contributed by atoms with Crippen molar-refractivity contribution in [3.8, 4) is 0 Å². The van der Waals surface area contributed by atoms with Crippen molar-refractivity contribution in [2.75, 3.05) is 6.54 Å². The number of aromatic amines is 1. The van der Waals surface area contributed by atoms with Crippen LogP contribution < -0.4 is 0 Å². The van der Waals surface area contributed by atoms with Crippen molar-refractivity contribution in [3.05, 3.63) is 39.3 Å². The van der Waals surface area contributed by atoms with Gasteiger partial charge in [0.2, 0.25) is 0 Å². The van der Waals surface area contributed by atoms with E-state index in [1.807, 2.05) is 12.1 Å². The van der Waals surface area contributed by atoms with Crippen LogP contribution in [0, 0.1) is 4.77 Å². The molecule has 0 unspecified atom stereocenters. The Morgan fingerprint density at radius 1 is 1.37 bits per heavy atom. The van der Waals surface area contributed by atoms with Crippen molar-refractivity contribution in [2.24, 2.45) is 0 Å². The van der Waals surface area contributed by atoms with Gasteiger partial charge in [0.25, 0.3) is 0 Å². The molecule has 0 aliphatic carbocycles. The lowest BCUT2D eigenvalue weighted by molar-refractivity contribution is 0.359. The third-order valence-corrected chi connectivity index (χ3v) is 3.88. The predicted molar refractivity (Wildman–Crippen MR) is 82.0 cm³/mol. The number of allylic oxidation sites excluding steroid dienone is 1. The molecule has 3 nitrogen and oxygen atoms in total. The normalized spacial score (nSPS) is 14.6. The average molecular weight is 294 g/mol. The molecule has 1 N–H and O–H groups in total. The number of nitrogens with one attached hydrogen (secondary N) is 1. The fourth-order valence-corrected chi connectivity index (χ4v) is 3.22. The molecule has 0 radical (unpaired) electrons. The third-order valence-electron chi connectivity index (χ3n) is 3.34. The van der Waals surface area contributed by atoms with Gasteiger partial charge in [0, 0.05) is 24.7 Å². The van der Waals surface area contributed by atoms with Crippen LogP contribution >= 0.6 is 23.8 Å². The molecule has 19 heavy (non-hydrogen) atoms. The van der Waals surface area contributed by atoms with E-state index in [2.05, 4.69) is 34.5 Å². The van der Waals surface area contributed by atoms with Gasteiger partial charge in [-0.2, -0.15) is 0 Å². The Bertz CT molecular complexity index is 722. The van der Waals surface area contributed by atoms with Crippen molar-refractivity contribution >= 4 is 34.9 Å². The van der Waals surface area contributed by atoms with E-state index in [0.29, 0.717) is 0 Å². The lowest BCUT2D eigenvalue weighted by atomic mass is 10.1. The van der Waals surface area contributed by atoms with Crippen LogP contribution in [0.3, 0.4) is 0 Å². The standard InChI is InChI=1S/C14H16ClN3S/c1-9(2)7-17-3-4-18-13-10(8-17)5-11(15)6-12(13)16-14(18)19/h5-7H,3-4,8H2,1-2H3,(H,16,19). The predicted octanol–water partition coefficient (Wildman–Crippen LogP) is 4.09. The molecule has 1 aliphatic rings. The Balaban J connectivity index is 2.19. The second-order valence-electron chi connectivity index (χ2n) is 5.22. The van der Waals surface area contributed by atoms with Gasteiger partial charge < -0.3 is 14.5 Å². The van der Waals surface area contributed by atoms with Gasteiger partial charge in [-0.25, -0.2) is 0 Å². The van der Waals surface area contributed by atoms with Gasteiger partial charge in [0.15, 0.2) is 4.77 Å². The van der Waals surface area contributed by atoms with Gasteiger partial charge >= 0.3 is 0 Å². The lowest BCUT2D eigenvalue weighted by Crippen LogP contribution is -2.19. The highest BCUT2D eigenvalue weighted by atomic mass is 35.5. The van der Waals surface area contributed by atoms with Gasteiger partial charge in [-0.05, 0) is 50.0 Å². The van der Waals surface area contributed by atoms with E-state index in [9.17, 15) is 0 Å². The summed E-state index contributed by atoms with van der Waals surface area (Å²) >= 11 is 11.6. The first kappa shape index (κ1) is 12.8. The van der Waals surface area contributed by atoms with Crippen LogP contribution in [0.25, 0.3) is 11.0 Å². The first-order valence-corrected chi connectivity index (χ1v) is 7.13. The molecule has 0 saturated carbocycles. The van der Waals surface area contributed by atoms with E-state index in [-0.39, 0.29) is 0 Å². The summed E-state index contributed by atoms with van der Waals surface area (Å²) in [7, 11) is 0. The summed E-state index contributed by atoms with van der Waals surface area (Å²) in [6.07, 6.45) is 2.20. The summed E-state index contributed by atoms with van der Waals surface area (Å²) in [4.78, 5) is 5.56. The van der Waals surface area contributed by atoms with E-state index in [0.717, 1.165) is 34.9 Å². The Morgan fingerprint density at radius 3 is 2.89 bits per heavy atom. The van der Waals surface area contributed by atoms with Crippen LogP contribution in [0.2, 0.25) is 5.02 Å². The largest absolute Gasteiger partial charge is 0.371 e. The third kappa shape index (κ3) is 2.30. The Kier molecular flexibility index (Phi) is 3.15. The molecule has 0 amide bonds. The molecule has 0 bridgehead atoms. The fourth-order valence-electron chi connectivity index (χ4n) is 2.69. The summed E-state index contributed by atoms with van der Waals surface area (Å²) in [6.45, 7) is 6.96. The Hall–Kier alpha value is -1.26. The maximum Gasteiger partial charge on any atom is 0.178 e. The number of nitrogens with zero attached hydrogens (tertiary/aromatic N) is 2. The zero-order chi connectivity index (χ0) is 13.6. The number of halogens is 1. The van der Waals surface area contributed by atoms with Crippen LogP contribution in [-0.4, -0.2) is 21.0 Å². The highest BCUT2D eigenvalue weighted by Crippen LogP contribution is 2.27. The molecule has 1 aliphatic heterocycles. The van der Waals surface area contributed by atoms with Gasteiger partial charge in [0.05, 0.1) is 11.0 Å². The van der Waals surface area contributed by atoms with E-state index in [1.165, 1.54) is 16.7 Å². The number of rotatable bonds is 1. The first-order valence-electron chi connectivity index (χ1n) is 6.34. The van der Waals surface area contributed by atoms with Crippen molar-refractivity contribution < 1.29 is 0 Å². The SMILES string of the molecule is CC(C)=CN1CCn2c(=S)[nH]c3cc(Cl)cc(c32)C1. The summed E-state index contributed by atoms with van der Waals surface area (Å²) < 4.78 is 2.95. The average Bonchev–Trinajstić information content (AvgIpc) is 2.50. The van der Waals surface area contributed by atoms with Crippen LogP contribution in [0.1, 0.15) is 19.4 Å². The molecular weight excluding hydrogens is 278 g/mol. The van der Waals surface area contributed by atoms with E-state index in [1.54, 1.807) is 0 Å². The maximum atomic E-state index is 6.20. The van der Waals surface area contributed by atoms with E-state index in [4.69, 9.17) is 23.8 Å². The van der Waals surface area contributed by atoms with Crippen molar-refractivity contribution in [1.82, 2.24) is 14.5 Å². The minimum atomic E-state index is 0.755. The van der Waals surface area contributed by atoms with Crippen LogP contribution in [0.15, 0.2) is 23.9 Å². The number of benzene rings is 1. The minimum Gasteiger partial charge on any atom is -0.371 e. The smallest absolute Gasteiger partial charge is 0.178 e. The molecule has 0 fully saturated rings. The molecule has 3 rings (SSSR count). The van der Waals surface area contributed by atoms with Crippen molar-refractivity contribution in [1.29, 1.82) is 0 Å². The van der Waals surface area contributed by atoms with Crippen LogP contribution in [0.4, 0.5) is 0 Å². The molecule has 5 heteroatoms. The zero-order valence-corrected chi connectivity index (χ0v) is 12.6. The van der Waals surface area contributed by atoms with Gasteiger partial charge in [-0.15, -0.1) is 0 Å². The number of aromatic nitrogens is 2. The van der Waals surface area contributed by atoms with Gasteiger partial charge in [-0.3, -0.25) is 0 Å². The van der Waals surface area contributed by atoms with Crippen LogP contribution in [-0.2, 0) is 13.1 Å². The summed E-state index contributed by atoms with van der Waals surface area (Å²) in [5.41, 5.74) is 4.76. The number of hydrogen-bond donors (Lipinski definition) is 1. The lowest BCUT2D eigenvalue weighted by Gasteiger charge is -2.18. The minimum absolute atomic E-state index is 0.755. The molecule has 0 atom stereocenters. The molecule has 100 valence electrons. The van der Waals surface area contributed by atoms with Crippen molar-refractivity contribution in [2.45, 2.75) is 26.9 Å². The monoisotopic (exact) mass is 293 g/mol. The summed E-state index contributed by atoms with van der Waals surface area (Å²) in [6, 6.07) is 3.99. The number of hydrogen-bond acceptors (Lipinski definition) is 2. The number of H-pyrrole nitrogens is 1. The van der Waals surface area contributed by atoms with Crippen LogP contribution in [0.5, 0.6) is 0 Å². The zero-order valence-electron chi connectivity index (χ0n) is 11.0. The highest BCUT2D eigenvalue weighted by Gasteiger charge is 2.17. The molecule has 1 aromatic carbocycles. The second kappa shape index (κ2) is 4.69. The molecule has 1 aromatic heterocycles. The maximum absolute atomic E-state index is 6.20. The topological polar surface area (TPSA) is 24.0 Å². The fraction of sp³-hybridized carbons (Fsp3) is 0.357. The summed E-state index contributed by atoms with van der Waals surface area (Å²) in [5.74, 6) is 0. The van der Waals surface area contributed by atoms with Crippen molar-refractivity contribution in [3.63, 3.8) is 0 Å². The molecule has 0 spiro atoms. The quantitative estimate of drug-likeness (QED) is 0.801. The molecule has 2 heterocycles. The highest BCUT2D eigenvalue weighted by molar-refractivity contribution is 7.71. The number of imidazole rings is 1. The first-order chi connectivity index (χ1) is 9.04.